The Hall–Kier alpha value is -0.480. The van der Waals surface area contributed by atoms with E-state index in [1.165, 1.54) is 0 Å². The first kappa shape index (κ1) is 13.1. The summed E-state index contributed by atoms with van der Waals surface area (Å²) in [5.74, 6) is 0. The Morgan fingerprint density at radius 1 is 1.45 bits per heavy atom. The molecule has 0 atom stereocenters. The molecule has 0 rings (SSSR count). The van der Waals surface area contributed by atoms with Crippen LogP contribution in [0.25, 0.3) is 0 Å². The smallest absolute Gasteiger partial charge is 0.404 e. The fourth-order valence-electron chi connectivity index (χ4n) is 0.420. The molecule has 0 bridgehead atoms. The first-order chi connectivity index (χ1) is 4.42. The van der Waals surface area contributed by atoms with E-state index < -0.39 is 6.09 Å². The number of hydrogen-bond acceptors (Lipinski definition) is 2. The second-order valence-corrected chi connectivity index (χ2v) is 3.18. The minimum absolute atomic E-state index is 0. The third kappa shape index (κ3) is 12.7. The van der Waals surface area contributed by atoms with Gasteiger partial charge >= 0.3 is 6.09 Å². The maximum Gasteiger partial charge on any atom is 0.404 e. The van der Waals surface area contributed by atoms with Crippen molar-refractivity contribution in [2.24, 2.45) is 5.73 Å². The number of likely N-dealkylation sites (N-methyl/N-ethyl adjacent to an activating group) is 1. The van der Waals surface area contributed by atoms with Crippen molar-refractivity contribution in [2.75, 3.05) is 34.3 Å². The van der Waals surface area contributed by atoms with Crippen molar-refractivity contribution in [1.82, 2.24) is 0 Å². The summed E-state index contributed by atoms with van der Waals surface area (Å²) >= 11 is 0. The standard InChI is InChI=1S/C6H14N2O2.ClH/c1-8(2,3)4-5-10-6(7)9;/h4-5H2,1-3H3,(H-,7,9);1H/p+1. The Morgan fingerprint density at radius 3 is 2.18 bits per heavy atom. The second-order valence-electron chi connectivity index (χ2n) is 3.18. The van der Waals surface area contributed by atoms with E-state index in [0.29, 0.717) is 6.61 Å². The van der Waals surface area contributed by atoms with Crippen molar-refractivity contribution in [2.45, 2.75) is 0 Å². The summed E-state index contributed by atoms with van der Waals surface area (Å²) in [5.41, 5.74) is 4.75. The van der Waals surface area contributed by atoms with E-state index in [1.807, 2.05) is 21.1 Å². The molecular formula is C6H16ClN2O2+. The minimum Gasteiger partial charge on any atom is -0.444 e. The molecule has 2 N–H and O–H groups in total. The predicted molar refractivity (Wildman–Crippen MR) is 45.7 cm³/mol. The fraction of sp³-hybridized carbons (Fsp3) is 0.833. The summed E-state index contributed by atoms with van der Waals surface area (Å²) in [6, 6.07) is 0. The van der Waals surface area contributed by atoms with Gasteiger partial charge in [0, 0.05) is 0 Å². The van der Waals surface area contributed by atoms with Crippen LogP contribution in [0.4, 0.5) is 4.79 Å². The van der Waals surface area contributed by atoms with Crippen molar-refractivity contribution in [3.8, 4) is 0 Å². The zero-order valence-electron chi connectivity index (χ0n) is 7.16. The third-order valence-corrected chi connectivity index (χ3v) is 1.01. The number of rotatable bonds is 3. The third-order valence-electron chi connectivity index (χ3n) is 1.01. The highest BCUT2D eigenvalue weighted by Crippen LogP contribution is 1.88. The lowest BCUT2D eigenvalue weighted by Crippen LogP contribution is -2.38. The highest BCUT2D eigenvalue weighted by Gasteiger charge is 2.06. The van der Waals surface area contributed by atoms with Crippen LogP contribution < -0.4 is 5.73 Å². The molecule has 0 heterocycles. The average molecular weight is 184 g/mol. The van der Waals surface area contributed by atoms with Crippen LogP contribution in [0, 0.1) is 0 Å². The number of halogens is 1. The molecule has 0 saturated carbocycles. The lowest BCUT2D eigenvalue weighted by molar-refractivity contribution is -0.870. The van der Waals surface area contributed by atoms with Gasteiger partial charge in [-0.05, 0) is 0 Å². The molecule has 0 fully saturated rings. The molecule has 11 heavy (non-hydrogen) atoms. The van der Waals surface area contributed by atoms with Gasteiger partial charge in [-0.15, -0.1) is 12.4 Å². The van der Waals surface area contributed by atoms with Crippen molar-refractivity contribution >= 4 is 18.5 Å². The summed E-state index contributed by atoms with van der Waals surface area (Å²) in [5, 5.41) is 0. The Balaban J connectivity index is 0. The van der Waals surface area contributed by atoms with Crippen LogP contribution in [0.1, 0.15) is 0 Å². The van der Waals surface area contributed by atoms with Crippen molar-refractivity contribution in [3.63, 3.8) is 0 Å². The van der Waals surface area contributed by atoms with Crippen LogP contribution in [0.3, 0.4) is 0 Å². The maximum absolute atomic E-state index is 10.1. The summed E-state index contributed by atoms with van der Waals surface area (Å²) in [6.45, 7) is 1.17. The molecule has 0 aromatic rings. The van der Waals surface area contributed by atoms with Crippen LogP contribution in [0.5, 0.6) is 0 Å². The monoisotopic (exact) mass is 183 g/mol. The minimum atomic E-state index is -0.701. The Kier molecular flexibility index (Phi) is 6.22. The largest absolute Gasteiger partial charge is 0.444 e. The molecule has 0 unspecified atom stereocenters. The lowest BCUT2D eigenvalue weighted by Gasteiger charge is -2.22. The number of nitrogens with two attached hydrogens (primary N) is 1. The van der Waals surface area contributed by atoms with Gasteiger partial charge in [-0.3, -0.25) is 0 Å². The van der Waals surface area contributed by atoms with Gasteiger partial charge in [-0.25, -0.2) is 4.79 Å². The van der Waals surface area contributed by atoms with Crippen LogP contribution in [-0.2, 0) is 4.74 Å². The molecule has 0 aliphatic rings. The SMILES string of the molecule is C[N+](C)(C)CCOC(N)=O.Cl. The summed E-state index contributed by atoms with van der Waals surface area (Å²) in [4.78, 5) is 10.1. The van der Waals surface area contributed by atoms with Gasteiger partial charge in [-0.1, -0.05) is 0 Å². The zero-order chi connectivity index (χ0) is 8.20. The summed E-state index contributed by atoms with van der Waals surface area (Å²) in [7, 11) is 6.05. The van der Waals surface area contributed by atoms with Gasteiger partial charge in [0.2, 0.25) is 0 Å². The van der Waals surface area contributed by atoms with Gasteiger partial charge in [0.05, 0.1) is 21.1 Å². The molecule has 0 radical (unpaired) electrons. The molecule has 1 amide bonds. The van der Waals surface area contributed by atoms with Crippen LogP contribution in [0.2, 0.25) is 0 Å². The molecular weight excluding hydrogens is 168 g/mol. The van der Waals surface area contributed by atoms with Crippen molar-refractivity contribution in [3.05, 3.63) is 0 Å². The van der Waals surface area contributed by atoms with Crippen LogP contribution in [-0.4, -0.2) is 44.9 Å². The van der Waals surface area contributed by atoms with Gasteiger partial charge in [0.25, 0.3) is 0 Å². The van der Waals surface area contributed by atoms with E-state index in [4.69, 9.17) is 5.73 Å². The molecule has 0 spiro atoms. The number of hydrogen-bond donors (Lipinski definition) is 1. The number of primary amides is 1. The van der Waals surface area contributed by atoms with Gasteiger partial charge < -0.3 is 15.0 Å². The Labute approximate surface area is 73.3 Å². The van der Waals surface area contributed by atoms with Crippen LogP contribution in [0.15, 0.2) is 0 Å². The zero-order valence-corrected chi connectivity index (χ0v) is 7.98. The molecule has 0 aliphatic heterocycles. The highest BCUT2D eigenvalue weighted by molar-refractivity contribution is 5.85. The molecule has 0 saturated heterocycles. The number of ether oxygens (including phenoxy) is 1. The average Bonchev–Trinajstić information content (AvgIpc) is 1.59. The Bertz CT molecular complexity index is 122. The number of nitrogens with zero attached hydrogens (tertiary/aromatic N) is 1. The molecule has 4 nitrogen and oxygen atoms in total. The van der Waals surface area contributed by atoms with Gasteiger partial charge in [-0.2, -0.15) is 0 Å². The van der Waals surface area contributed by atoms with E-state index in [0.717, 1.165) is 11.0 Å². The number of carbonyl (C=O) groups is 1. The van der Waals surface area contributed by atoms with Crippen molar-refractivity contribution in [1.29, 1.82) is 0 Å². The fourth-order valence-corrected chi connectivity index (χ4v) is 0.420. The highest BCUT2D eigenvalue weighted by atomic mass is 35.5. The summed E-state index contributed by atoms with van der Waals surface area (Å²) in [6.07, 6.45) is -0.701. The first-order valence-corrected chi connectivity index (χ1v) is 3.14. The lowest BCUT2D eigenvalue weighted by atomic mass is 10.5. The number of quaternary nitrogens is 1. The van der Waals surface area contributed by atoms with E-state index in [9.17, 15) is 4.79 Å². The molecule has 5 heteroatoms. The van der Waals surface area contributed by atoms with Crippen LogP contribution >= 0.6 is 12.4 Å². The van der Waals surface area contributed by atoms with Crippen molar-refractivity contribution < 1.29 is 14.0 Å². The van der Waals surface area contributed by atoms with Gasteiger partial charge in [0.1, 0.15) is 13.2 Å². The molecule has 68 valence electrons. The maximum atomic E-state index is 10.1. The molecule has 0 aromatic heterocycles. The first-order valence-electron chi connectivity index (χ1n) is 3.14. The van der Waals surface area contributed by atoms with Gasteiger partial charge in [0.15, 0.2) is 0 Å². The van der Waals surface area contributed by atoms with E-state index in [1.54, 1.807) is 0 Å². The topological polar surface area (TPSA) is 52.3 Å². The predicted octanol–water partition coefficient (Wildman–Crippen LogP) is 0.210. The molecule has 0 aromatic carbocycles. The van der Waals surface area contributed by atoms with E-state index >= 15 is 0 Å². The van der Waals surface area contributed by atoms with E-state index in [-0.39, 0.29) is 12.4 Å². The Morgan fingerprint density at radius 2 is 1.91 bits per heavy atom. The number of carbonyl (C=O) groups excluding carboxylic acids is 1. The normalized spacial score (nSPS) is 10.1. The quantitative estimate of drug-likeness (QED) is 0.636. The second kappa shape index (κ2) is 5.21. The number of amides is 1. The van der Waals surface area contributed by atoms with E-state index in [2.05, 4.69) is 4.74 Å². The summed E-state index contributed by atoms with van der Waals surface area (Å²) < 4.78 is 5.31. The molecule has 0 aliphatic carbocycles.